The van der Waals surface area contributed by atoms with Crippen LogP contribution in [-0.2, 0) is 9.53 Å². The summed E-state index contributed by atoms with van der Waals surface area (Å²) in [6.07, 6.45) is 1.26. The average molecular weight is 250 g/mol. The smallest absolute Gasteiger partial charge is 0.305 e. The molecule has 0 aliphatic carbocycles. The number of carbonyl (C=O) groups is 1. The van der Waals surface area contributed by atoms with Gasteiger partial charge in [-0.3, -0.25) is 9.69 Å². The molecule has 18 heavy (non-hydrogen) atoms. The Labute approximate surface area is 109 Å². The molecule has 100 valence electrons. The van der Waals surface area contributed by atoms with Crippen molar-refractivity contribution in [2.75, 3.05) is 26.4 Å². The molecule has 0 fully saturated rings. The van der Waals surface area contributed by atoms with Crippen molar-refractivity contribution in [2.24, 2.45) is 0 Å². The predicted molar refractivity (Wildman–Crippen MR) is 73.1 cm³/mol. The van der Waals surface area contributed by atoms with Gasteiger partial charge in [-0.1, -0.05) is 12.1 Å². The maximum absolute atomic E-state index is 11.0. The third kappa shape index (κ3) is 4.37. The Bertz CT molecular complexity index is 393. The number of hydrogen-bond acceptors (Lipinski definition) is 4. The summed E-state index contributed by atoms with van der Waals surface area (Å²) in [6.45, 7) is 2.98. The number of ether oxygens (including phenoxy) is 1. The number of rotatable bonds is 6. The second-order valence-corrected chi connectivity index (χ2v) is 4.51. The summed E-state index contributed by atoms with van der Waals surface area (Å²) in [5.41, 5.74) is 7.74. The minimum absolute atomic E-state index is 0.153. The van der Waals surface area contributed by atoms with Gasteiger partial charge in [-0.2, -0.15) is 0 Å². The van der Waals surface area contributed by atoms with E-state index in [1.165, 1.54) is 12.7 Å². The maximum Gasteiger partial charge on any atom is 0.305 e. The Morgan fingerprint density at radius 3 is 2.83 bits per heavy atom. The molecular formula is C14H22N2O2. The molecule has 0 saturated heterocycles. The van der Waals surface area contributed by atoms with E-state index in [-0.39, 0.29) is 12.0 Å². The van der Waals surface area contributed by atoms with Crippen molar-refractivity contribution in [1.82, 2.24) is 4.90 Å². The molecule has 1 unspecified atom stereocenters. The molecule has 0 saturated carbocycles. The quantitative estimate of drug-likeness (QED) is 0.621. The van der Waals surface area contributed by atoms with Crippen molar-refractivity contribution in [3.05, 3.63) is 29.8 Å². The van der Waals surface area contributed by atoms with Crippen molar-refractivity contribution in [1.29, 1.82) is 0 Å². The fraction of sp³-hybridized carbons (Fsp3) is 0.500. The van der Waals surface area contributed by atoms with Crippen molar-refractivity contribution in [3.63, 3.8) is 0 Å². The first-order valence-corrected chi connectivity index (χ1v) is 6.17. The standard InChI is InChI=1S/C14H22N2O2/c1-11(12-6-4-7-13(15)10-12)16(2)9-5-8-14(17)18-3/h4,6-7,10-11H,5,8-9,15H2,1-3H3. The number of methoxy groups -OCH3 is 1. The minimum atomic E-state index is -0.153. The second kappa shape index (κ2) is 7.01. The zero-order chi connectivity index (χ0) is 13.5. The van der Waals surface area contributed by atoms with Crippen molar-refractivity contribution in [2.45, 2.75) is 25.8 Å². The molecule has 0 bridgehead atoms. The van der Waals surface area contributed by atoms with Crippen molar-refractivity contribution < 1.29 is 9.53 Å². The molecule has 0 aliphatic heterocycles. The summed E-state index contributed by atoms with van der Waals surface area (Å²) < 4.78 is 4.62. The summed E-state index contributed by atoms with van der Waals surface area (Å²) in [6, 6.07) is 8.18. The van der Waals surface area contributed by atoms with Crippen LogP contribution in [0.5, 0.6) is 0 Å². The Hall–Kier alpha value is -1.55. The van der Waals surface area contributed by atoms with Gasteiger partial charge in [-0.15, -0.1) is 0 Å². The molecule has 0 heterocycles. The molecule has 1 aromatic carbocycles. The first kappa shape index (κ1) is 14.5. The molecule has 1 rings (SSSR count). The van der Waals surface area contributed by atoms with E-state index in [1.54, 1.807) is 0 Å². The van der Waals surface area contributed by atoms with Crippen LogP contribution in [0.15, 0.2) is 24.3 Å². The van der Waals surface area contributed by atoms with Gasteiger partial charge in [0.05, 0.1) is 7.11 Å². The number of anilines is 1. The van der Waals surface area contributed by atoms with Crippen molar-refractivity contribution in [3.8, 4) is 0 Å². The molecule has 0 radical (unpaired) electrons. The summed E-state index contributed by atoms with van der Waals surface area (Å²) in [5, 5.41) is 0. The van der Waals surface area contributed by atoms with E-state index in [1.807, 2.05) is 25.2 Å². The van der Waals surface area contributed by atoms with Crippen LogP contribution in [0.25, 0.3) is 0 Å². The Kier molecular flexibility index (Phi) is 5.65. The molecule has 1 aromatic rings. The molecule has 4 heteroatoms. The first-order chi connectivity index (χ1) is 8.54. The molecule has 0 aliphatic rings. The normalized spacial score (nSPS) is 12.4. The van der Waals surface area contributed by atoms with Crippen LogP contribution < -0.4 is 5.73 Å². The van der Waals surface area contributed by atoms with Crippen LogP contribution in [0.1, 0.15) is 31.4 Å². The number of hydrogen-bond donors (Lipinski definition) is 1. The lowest BCUT2D eigenvalue weighted by Gasteiger charge is -2.25. The highest BCUT2D eigenvalue weighted by atomic mass is 16.5. The van der Waals surface area contributed by atoms with Crippen LogP contribution >= 0.6 is 0 Å². The molecule has 4 nitrogen and oxygen atoms in total. The van der Waals surface area contributed by atoms with Gasteiger partial charge in [0.1, 0.15) is 0 Å². The topological polar surface area (TPSA) is 55.6 Å². The van der Waals surface area contributed by atoms with Gasteiger partial charge in [0.2, 0.25) is 0 Å². The van der Waals surface area contributed by atoms with Gasteiger partial charge in [0.15, 0.2) is 0 Å². The number of nitrogens with two attached hydrogens (primary N) is 1. The van der Waals surface area contributed by atoms with E-state index in [2.05, 4.69) is 22.6 Å². The fourth-order valence-electron chi connectivity index (χ4n) is 1.84. The van der Waals surface area contributed by atoms with Gasteiger partial charge in [-0.25, -0.2) is 0 Å². The molecule has 1 atom stereocenters. The second-order valence-electron chi connectivity index (χ2n) is 4.51. The largest absolute Gasteiger partial charge is 0.469 e. The Morgan fingerprint density at radius 1 is 1.50 bits per heavy atom. The third-order valence-corrected chi connectivity index (χ3v) is 3.17. The average Bonchev–Trinajstić information content (AvgIpc) is 2.37. The zero-order valence-electron chi connectivity index (χ0n) is 11.3. The summed E-state index contributed by atoms with van der Waals surface area (Å²) in [7, 11) is 3.46. The number of benzene rings is 1. The number of carbonyl (C=O) groups excluding carboxylic acids is 1. The Balaban J connectivity index is 2.46. The van der Waals surface area contributed by atoms with Gasteiger partial charge >= 0.3 is 5.97 Å². The fourth-order valence-corrected chi connectivity index (χ4v) is 1.84. The van der Waals surface area contributed by atoms with E-state index in [9.17, 15) is 4.79 Å². The predicted octanol–water partition coefficient (Wildman–Crippen LogP) is 2.21. The lowest BCUT2D eigenvalue weighted by atomic mass is 10.1. The molecular weight excluding hydrogens is 228 g/mol. The van der Waals surface area contributed by atoms with Crippen LogP contribution in [-0.4, -0.2) is 31.6 Å². The van der Waals surface area contributed by atoms with Gasteiger partial charge in [-0.05, 0) is 44.6 Å². The maximum atomic E-state index is 11.0. The lowest BCUT2D eigenvalue weighted by molar-refractivity contribution is -0.140. The highest BCUT2D eigenvalue weighted by molar-refractivity contribution is 5.69. The third-order valence-electron chi connectivity index (χ3n) is 3.17. The van der Waals surface area contributed by atoms with Crippen LogP contribution in [0.3, 0.4) is 0 Å². The molecule has 2 N–H and O–H groups in total. The number of esters is 1. The molecule has 0 spiro atoms. The number of nitrogen functional groups attached to an aromatic ring is 1. The summed E-state index contributed by atoms with van der Waals surface area (Å²) in [5.74, 6) is -0.153. The molecule has 0 amide bonds. The highest BCUT2D eigenvalue weighted by Crippen LogP contribution is 2.20. The van der Waals surface area contributed by atoms with Gasteiger partial charge < -0.3 is 10.5 Å². The van der Waals surface area contributed by atoms with Crippen molar-refractivity contribution >= 4 is 11.7 Å². The van der Waals surface area contributed by atoms with E-state index in [4.69, 9.17) is 5.73 Å². The monoisotopic (exact) mass is 250 g/mol. The van der Waals surface area contributed by atoms with Crippen LogP contribution in [0, 0.1) is 0 Å². The molecule has 0 aromatic heterocycles. The SMILES string of the molecule is COC(=O)CCCN(C)C(C)c1cccc(N)c1. The summed E-state index contributed by atoms with van der Waals surface area (Å²) >= 11 is 0. The first-order valence-electron chi connectivity index (χ1n) is 6.17. The van der Waals surface area contributed by atoms with Crippen LogP contribution in [0.4, 0.5) is 5.69 Å². The minimum Gasteiger partial charge on any atom is -0.469 e. The van der Waals surface area contributed by atoms with Gasteiger partial charge in [0.25, 0.3) is 0 Å². The summed E-state index contributed by atoms with van der Waals surface area (Å²) in [4.78, 5) is 13.2. The highest BCUT2D eigenvalue weighted by Gasteiger charge is 2.12. The van der Waals surface area contributed by atoms with Crippen LogP contribution in [0.2, 0.25) is 0 Å². The van der Waals surface area contributed by atoms with E-state index in [0.29, 0.717) is 6.42 Å². The number of nitrogens with zero attached hydrogens (tertiary/aromatic N) is 1. The van der Waals surface area contributed by atoms with Gasteiger partial charge in [0, 0.05) is 18.2 Å². The van der Waals surface area contributed by atoms with E-state index in [0.717, 1.165) is 18.7 Å². The lowest BCUT2D eigenvalue weighted by Crippen LogP contribution is -2.24. The zero-order valence-corrected chi connectivity index (χ0v) is 11.3. The van der Waals surface area contributed by atoms with E-state index >= 15 is 0 Å². The Morgan fingerprint density at radius 2 is 2.22 bits per heavy atom. The van der Waals surface area contributed by atoms with E-state index < -0.39 is 0 Å².